The molecule has 1 aliphatic rings. The third-order valence-corrected chi connectivity index (χ3v) is 5.16. The molecule has 2 heterocycles. The first-order valence-corrected chi connectivity index (χ1v) is 9.73. The van der Waals surface area contributed by atoms with Gasteiger partial charge >= 0.3 is 0 Å². The Morgan fingerprint density at radius 3 is 2.54 bits per heavy atom. The normalized spacial score (nSPS) is 18.4. The Hall–Kier alpha value is -2.86. The fourth-order valence-electron chi connectivity index (χ4n) is 3.35. The van der Waals surface area contributed by atoms with E-state index < -0.39 is 0 Å². The average Bonchev–Trinajstić information content (AvgIpc) is 3.10. The van der Waals surface area contributed by atoms with Crippen LogP contribution in [0.1, 0.15) is 43.5 Å². The number of hydrogen-bond donors (Lipinski definition) is 2. The van der Waals surface area contributed by atoms with Crippen LogP contribution in [0.3, 0.4) is 0 Å². The quantitative estimate of drug-likeness (QED) is 0.673. The Balaban J connectivity index is 1.70. The minimum absolute atomic E-state index is 0.00956. The van der Waals surface area contributed by atoms with Crippen molar-refractivity contribution in [3.8, 4) is 0 Å². The maximum absolute atomic E-state index is 12.1. The number of amides is 1. The summed E-state index contributed by atoms with van der Waals surface area (Å²) in [6, 6.07) is 18.1. The van der Waals surface area contributed by atoms with E-state index in [9.17, 15) is 4.79 Å². The van der Waals surface area contributed by atoms with Gasteiger partial charge in [-0.2, -0.15) is 4.98 Å². The van der Waals surface area contributed by atoms with Crippen LogP contribution in [0, 0.1) is 5.92 Å². The molecule has 2 unspecified atom stereocenters. The van der Waals surface area contributed by atoms with Gasteiger partial charge in [0.2, 0.25) is 11.9 Å². The van der Waals surface area contributed by atoms with Crippen LogP contribution in [0.4, 0.5) is 11.9 Å². The highest BCUT2D eigenvalue weighted by molar-refractivity contribution is 6.30. The van der Waals surface area contributed by atoms with Crippen molar-refractivity contribution >= 4 is 29.4 Å². The van der Waals surface area contributed by atoms with E-state index in [1.54, 1.807) is 0 Å². The highest BCUT2D eigenvalue weighted by Crippen LogP contribution is 2.38. The zero-order valence-corrected chi connectivity index (χ0v) is 16.5. The second kappa shape index (κ2) is 7.64. The van der Waals surface area contributed by atoms with Crippen LogP contribution < -0.4 is 10.6 Å². The van der Waals surface area contributed by atoms with Gasteiger partial charge in [0.05, 0.1) is 12.1 Å². The molecule has 28 heavy (non-hydrogen) atoms. The van der Waals surface area contributed by atoms with Gasteiger partial charge in [-0.1, -0.05) is 67.9 Å². The number of carbonyl (C=O) groups excluding carboxylic acids is 1. The predicted octanol–water partition coefficient (Wildman–Crippen LogP) is 4.67. The molecule has 0 radical (unpaired) electrons. The third kappa shape index (κ3) is 3.73. The van der Waals surface area contributed by atoms with Crippen molar-refractivity contribution in [3.05, 3.63) is 70.7 Å². The first kappa shape index (κ1) is 18.5. The van der Waals surface area contributed by atoms with Crippen molar-refractivity contribution < 1.29 is 4.79 Å². The van der Waals surface area contributed by atoms with Crippen molar-refractivity contribution in [1.29, 1.82) is 0 Å². The number of aromatic nitrogens is 3. The number of anilines is 2. The Bertz CT molecular complexity index is 968. The molecule has 2 atom stereocenters. The lowest BCUT2D eigenvalue weighted by molar-refractivity contribution is -0.118. The van der Waals surface area contributed by atoms with Gasteiger partial charge in [-0.15, -0.1) is 5.10 Å². The number of rotatable bonds is 4. The molecule has 2 aromatic carbocycles. The summed E-state index contributed by atoms with van der Waals surface area (Å²) in [4.78, 5) is 16.6. The molecule has 2 N–H and O–H groups in total. The molecule has 0 saturated heterocycles. The molecule has 0 fully saturated rings. The Morgan fingerprint density at radius 2 is 1.86 bits per heavy atom. The van der Waals surface area contributed by atoms with Gasteiger partial charge in [0.25, 0.3) is 5.95 Å². The molecule has 0 spiro atoms. The zero-order valence-electron chi connectivity index (χ0n) is 15.8. The lowest BCUT2D eigenvalue weighted by atomic mass is 9.93. The average molecular weight is 396 g/mol. The minimum Gasteiger partial charge on any atom is -0.347 e. The molecule has 4 rings (SSSR count). The molecule has 144 valence electrons. The standard InChI is InChI=1S/C21H22ClN5O/c1-13(2)19(28)24-20-25-21-23-17(14-8-10-16(22)11-9-14)12-18(27(21)26-20)15-6-4-3-5-7-15/h3-11,13,17-18H,12H2,1-2H3,(H2,23,24,25,26,28). The summed E-state index contributed by atoms with van der Waals surface area (Å²) in [6.45, 7) is 3.68. The molecule has 1 aliphatic heterocycles. The summed E-state index contributed by atoms with van der Waals surface area (Å²) < 4.78 is 1.86. The molecule has 3 aromatic rings. The summed E-state index contributed by atoms with van der Waals surface area (Å²) in [7, 11) is 0. The molecule has 1 amide bonds. The first-order valence-electron chi connectivity index (χ1n) is 9.35. The van der Waals surface area contributed by atoms with E-state index in [1.807, 2.05) is 61.0 Å². The van der Waals surface area contributed by atoms with Crippen molar-refractivity contribution in [2.24, 2.45) is 5.92 Å². The van der Waals surface area contributed by atoms with Crippen LogP contribution >= 0.6 is 11.6 Å². The number of fused-ring (bicyclic) bond motifs is 1. The molecular weight excluding hydrogens is 374 g/mol. The maximum Gasteiger partial charge on any atom is 0.250 e. The van der Waals surface area contributed by atoms with E-state index in [2.05, 4.69) is 32.8 Å². The van der Waals surface area contributed by atoms with Gasteiger partial charge in [-0.05, 0) is 29.7 Å². The number of nitrogens with one attached hydrogen (secondary N) is 2. The van der Waals surface area contributed by atoms with E-state index >= 15 is 0 Å². The second-order valence-corrected chi connectivity index (χ2v) is 7.69. The van der Waals surface area contributed by atoms with Gasteiger partial charge < -0.3 is 5.32 Å². The number of carbonyl (C=O) groups is 1. The number of benzene rings is 2. The minimum atomic E-state index is -0.139. The lowest BCUT2D eigenvalue weighted by Crippen LogP contribution is -2.28. The monoisotopic (exact) mass is 395 g/mol. The van der Waals surface area contributed by atoms with Gasteiger partial charge in [-0.3, -0.25) is 10.1 Å². The molecule has 0 aliphatic carbocycles. The maximum atomic E-state index is 12.1. The van der Waals surface area contributed by atoms with Crippen molar-refractivity contribution in [1.82, 2.24) is 14.8 Å². The van der Waals surface area contributed by atoms with Crippen molar-refractivity contribution in [2.45, 2.75) is 32.4 Å². The van der Waals surface area contributed by atoms with Crippen LogP contribution in [-0.4, -0.2) is 20.7 Å². The summed E-state index contributed by atoms with van der Waals surface area (Å²) in [5, 5.41) is 11.5. The second-order valence-electron chi connectivity index (χ2n) is 7.26. The van der Waals surface area contributed by atoms with E-state index in [0.717, 1.165) is 17.5 Å². The van der Waals surface area contributed by atoms with Crippen molar-refractivity contribution in [3.63, 3.8) is 0 Å². The fraction of sp³-hybridized carbons (Fsp3) is 0.286. The summed E-state index contributed by atoms with van der Waals surface area (Å²) in [5.74, 6) is 0.715. The summed E-state index contributed by atoms with van der Waals surface area (Å²) >= 11 is 6.05. The molecule has 7 heteroatoms. The largest absolute Gasteiger partial charge is 0.347 e. The highest BCUT2D eigenvalue weighted by atomic mass is 35.5. The summed E-state index contributed by atoms with van der Waals surface area (Å²) in [6.07, 6.45) is 0.805. The molecule has 0 bridgehead atoms. The Kier molecular flexibility index (Phi) is 5.05. The topological polar surface area (TPSA) is 71.8 Å². The summed E-state index contributed by atoms with van der Waals surface area (Å²) in [5.41, 5.74) is 2.28. The predicted molar refractivity (Wildman–Crippen MR) is 111 cm³/mol. The molecular formula is C21H22ClN5O. The Morgan fingerprint density at radius 1 is 1.14 bits per heavy atom. The SMILES string of the molecule is CC(C)C(=O)Nc1nc2n(n1)C(c1ccccc1)CC(c1ccc(Cl)cc1)N2. The van der Waals surface area contributed by atoms with Crippen LogP contribution in [0.2, 0.25) is 5.02 Å². The van der Waals surface area contributed by atoms with Crippen molar-refractivity contribution in [2.75, 3.05) is 10.6 Å². The van der Waals surface area contributed by atoms with Gasteiger partial charge in [0.15, 0.2) is 0 Å². The lowest BCUT2D eigenvalue weighted by Gasteiger charge is -2.31. The van der Waals surface area contributed by atoms with E-state index in [0.29, 0.717) is 16.9 Å². The van der Waals surface area contributed by atoms with Crippen LogP contribution in [0.15, 0.2) is 54.6 Å². The van der Waals surface area contributed by atoms with Gasteiger partial charge in [-0.25, -0.2) is 4.68 Å². The third-order valence-electron chi connectivity index (χ3n) is 4.90. The zero-order chi connectivity index (χ0) is 19.7. The van der Waals surface area contributed by atoms with E-state index in [-0.39, 0.29) is 23.9 Å². The molecule has 1 aromatic heterocycles. The van der Waals surface area contributed by atoms with Gasteiger partial charge in [0, 0.05) is 10.9 Å². The van der Waals surface area contributed by atoms with Crippen LogP contribution in [0.25, 0.3) is 0 Å². The Labute approximate surface area is 168 Å². The fourth-order valence-corrected chi connectivity index (χ4v) is 3.48. The van der Waals surface area contributed by atoms with Gasteiger partial charge in [0.1, 0.15) is 0 Å². The molecule has 0 saturated carbocycles. The smallest absolute Gasteiger partial charge is 0.250 e. The highest BCUT2D eigenvalue weighted by Gasteiger charge is 2.31. The van der Waals surface area contributed by atoms with E-state index in [1.165, 1.54) is 0 Å². The van der Waals surface area contributed by atoms with Crippen LogP contribution in [-0.2, 0) is 4.79 Å². The number of halogens is 1. The van der Waals surface area contributed by atoms with E-state index in [4.69, 9.17) is 11.6 Å². The number of nitrogens with zero attached hydrogens (tertiary/aromatic N) is 3. The van der Waals surface area contributed by atoms with Crippen LogP contribution in [0.5, 0.6) is 0 Å². The first-order chi connectivity index (χ1) is 13.5. The number of hydrogen-bond acceptors (Lipinski definition) is 4. The molecule has 6 nitrogen and oxygen atoms in total.